The van der Waals surface area contributed by atoms with Crippen LogP contribution in [-0.2, 0) is 16.3 Å². The van der Waals surface area contributed by atoms with E-state index in [0.29, 0.717) is 12.2 Å². The first kappa shape index (κ1) is 19.0. The van der Waals surface area contributed by atoms with Gasteiger partial charge < -0.3 is 5.32 Å². The highest BCUT2D eigenvalue weighted by molar-refractivity contribution is 7.90. The van der Waals surface area contributed by atoms with Crippen molar-refractivity contribution < 1.29 is 13.2 Å². The lowest BCUT2D eigenvalue weighted by atomic mass is 10.1. The van der Waals surface area contributed by atoms with Crippen molar-refractivity contribution in [2.75, 3.05) is 24.7 Å². The molecule has 0 radical (unpaired) electrons. The summed E-state index contributed by atoms with van der Waals surface area (Å²) in [6, 6.07) is 12.5. The molecule has 0 aliphatic heterocycles. The molecule has 0 heterocycles. The fourth-order valence-electron chi connectivity index (χ4n) is 2.80. The highest BCUT2D eigenvalue weighted by atomic mass is 32.2. The summed E-state index contributed by atoms with van der Waals surface area (Å²) in [7, 11) is -1.84. The normalized spacial score (nSPS) is 11.2. The largest absolute Gasteiger partial charge is 0.337 e. The highest BCUT2D eigenvalue weighted by Gasteiger charge is 2.19. The van der Waals surface area contributed by atoms with Crippen LogP contribution < -0.4 is 10.2 Å². The number of anilines is 1. The molecule has 2 aromatic rings. The van der Waals surface area contributed by atoms with Crippen molar-refractivity contribution >= 4 is 21.6 Å². The smallest absolute Gasteiger partial charge is 0.321 e. The standard InChI is InChI=1S/C19H24N2O3S/c1-14-11-15(2)13-16(12-14)9-10-20-19(22)21(3)17-7-5-6-8-18(17)25(4,23)24/h5-8,11-13H,9-10H2,1-4H3,(H,20,22). The third-order valence-corrected chi connectivity index (χ3v) is 5.05. The van der Waals surface area contributed by atoms with Gasteiger partial charge in [0.25, 0.3) is 0 Å². The summed E-state index contributed by atoms with van der Waals surface area (Å²) in [6.07, 6.45) is 1.85. The lowest BCUT2D eigenvalue weighted by molar-refractivity contribution is 0.247. The van der Waals surface area contributed by atoms with Crippen LogP contribution >= 0.6 is 0 Å². The van der Waals surface area contributed by atoms with Crippen molar-refractivity contribution in [1.82, 2.24) is 5.32 Å². The van der Waals surface area contributed by atoms with Gasteiger partial charge in [0.05, 0.1) is 10.6 Å². The molecule has 0 spiro atoms. The first-order valence-electron chi connectivity index (χ1n) is 8.06. The van der Waals surface area contributed by atoms with Crippen LogP contribution in [0.1, 0.15) is 16.7 Å². The van der Waals surface area contributed by atoms with Gasteiger partial charge in [-0.1, -0.05) is 41.5 Å². The summed E-state index contributed by atoms with van der Waals surface area (Å²) in [5, 5.41) is 2.84. The molecule has 0 aliphatic carbocycles. The molecule has 2 aromatic carbocycles. The number of rotatable bonds is 5. The Morgan fingerprint density at radius 2 is 1.68 bits per heavy atom. The Morgan fingerprint density at radius 1 is 1.08 bits per heavy atom. The Balaban J connectivity index is 2.04. The molecule has 134 valence electrons. The average Bonchev–Trinajstić information content (AvgIpc) is 2.52. The molecular formula is C19H24N2O3S. The van der Waals surface area contributed by atoms with E-state index in [1.807, 2.05) is 13.8 Å². The molecule has 0 unspecified atom stereocenters. The van der Waals surface area contributed by atoms with Gasteiger partial charge in [0.1, 0.15) is 0 Å². The molecule has 0 saturated carbocycles. The molecule has 0 saturated heterocycles. The Labute approximate surface area is 149 Å². The zero-order valence-corrected chi connectivity index (χ0v) is 15.9. The highest BCUT2D eigenvalue weighted by Crippen LogP contribution is 2.23. The molecule has 0 atom stereocenters. The molecule has 25 heavy (non-hydrogen) atoms. The van der Waals surface area contributed by atoms with Gasteiger partial charge in [0, 0.05) is 19.8 Å². The average molecular weight is 360 g/mol. The summed E-state index contributed by atoms with van der Waals surface area (Å²) in [5.41, 5.74) is 3.92. The van der Waals surface area contributed by atoms with Gasteiger partial charge in [-0.15, -0.1) is 0 Å². The van der Waals surface area contributed by atoms with Crippen molar-refractivity contribution in [1.29, 1.82) is 0 Å². The maximum Gasteiger partial charge on any atom is 0.321 e. The van der Waals surface area contributed by atoms with Gasteiger partial charge in [-0.2, -0.15) is 0 Å². The Bertz CT molecular complexity index is 856. The molecule has 0 fully saturated rings. The predicted octanol–water partition coefficient (Wildman–Crippen LogP) is 3.10. The predicted molar refractivity (Wildman–Crippen MR) is 101 cm³/mol. The van der Waals surface area contributed by atoms with Crippen LogP contribution in [0.2, 0.25) is 0 Å². The summed E-state index contributed by atoms with van der Waals surface area (Å²) in [6.45, 7) is 4.57. The van der Waals surface area contributed by atoms with E-state index in [1.54, 1.807) is 25.2 Å². The van der Waals surface area contributed by atoms with E-state index in [2.05, 4.69) is 23.5 Å². The molecule has 5 nitrogen and oxygen atoms in total. The Hall–Kier alpha value is -2.34. The number of urea groups is 1. The van der Waals surface area contributed by atoms with Crippen LogP contribution in [-0.4, -0.2) is 34.3 Å². The van der Waals surface area contributed by atoms with E-state index in [-0.39, 0.29) is 10.9 Å². The van der Waals surface area contributed by atoms with Crippen molar-refractivity contribution in [2.45, 2.75) is 25.2 Å². The van der Waals surface area contributed by atoms with Crippen molar-refractivity contribution in [2.24, 2.45) is 0 Å². The van der Waals surface area contributed by atoms with Crippen LogP contribution in [0.25, 0.3) is 0 Å². The van der Waals surface area contributed by atoms with Gasteiger partial charge in [-0.3, -0.25) is 4.90 Å². The maximum atomic E-state index is 12.4. The number of benzene rings is 2. The van der Waals surface area contributed by atoms with Gasteiger partial charge in [0.2, 0.25) is 0 Å². The van der Waals surface area contributed by atoms with Gasteiger partial charge in [-0.05, 0) is 38.0 Å². The lowest BCUT2D eigenvalue weighted by Crippen LogP contribution is -2.38. The maximum absolute atomic E-state index is 12.4. The van der Waals surface area contributed by atoms with Gasteiger partial charge in [-0.25, -0.2) is 13.2 Å². The van der Waals surface area contributed by atoms with Gasteiger partial charge >= 0.3 is 6.03 Å². The minimum Gasteiger partial charge on any atom is -0.337 e. The van der Waals surface area contributed by atoms with Crippen molar-refractivity contribution in [3.8, 4) is 0 Å². The third kappa shape index (κ3) is 5.06. The molecule has 0 aliphatic rings. The topological polar surface area (TPSA) is 66.5 Å². The molecule has 0 aromatic heterocycles. The van der Waals surface area contributed by atoms with Crippen LogP contribution in [0.3, 0.4) is 0 Å². The molecular weight excluding hydrogens is 336 g/mol. The van der Waals surface area contributed by atoms with E-state index in [0.717, 1.165) is 18.2 Å². The first-order valence-corrected chi connectivity index (χ1v) is 9.95. The summed E-state index contributed by atoms with van der Waals surface area (Å²) in [5.74, 6) is 0. The van der Waals surface area contributed by atoms with Gasteiger partial charge in [0.15, 0.2) is 9.84 Å². The number of para-hydroxylation sites is 1. The van der Waals surface area contributed by atoms with E-state index in [9.17, 15) is 13.2 Å². The number of hydrogen-bond acceptors (Lipinski definition) is 3. The van der Waals surface area contributed by atoms with E-state index >= 15 is 0 Å². The number of hydrogen-bond donors (Lipinski definition) is 1. The number of aryl methyl sites for hydroxylation is 2. The second-order valence-electron chi connectivity index (χ2n) is 6.28. The number of nitrogens with zero attached hydrogens (tertiary/aromatic N) is 1. The summed E-state index contributed by atoms with van der Waals surface area (Å²) >= 11 is 0. The fraction of sp³-hybridized carbons (Fsp3) is 0.316. The number of nitrogens with one attached hydrogen (secondary N) is 1. The zero-order chi connectivity index (χ0) is 18.6. The SMILES string of the molecule is Cc1cc(C)cc(CCNC(=O)N(C)c2ccccc2S(C)(=O)=O)c1. The third-order valence-electron chi connectivity index (χ3n) is 3.90. The summed E-state index contributed by atoms with van der Waals surface area (Å²) < 4.78 is 23.8. The monoisotopic (exact) mass is 360 g/mol. The number of carbonyl (C=O) groups excluding carboxylic acids is 1. The molecule has 0 bridgehead atoms. The molecule has 2 amide bonds. The van der Waals surface area contributed by atoms with Crippen molar-refractivity contribution in [3.63, 3.8) is 0 Å². The van der Waals surface area contributed by atoms with Crippen molar-refractivity contribution in [3.05, 3.63) is 59.2 Å². The number of sulfone groups is 1. The molecule has 1 N–H and O–H groups in total. The van der Waals surface area contributed by atoms with E-state index in [4.69, 9.17) is 0 Å². The summed E-state index contributed by atoms with van der Waals surface area (Å²) in [4.78, 5) is 13.8. The first-order chi connectivity index (χ1) is 11.7. The Morgan fingerprint density at radius 3 is 2.28 bits per heavy atom. The lowest BCUT2D eigenvalue weighted by Gasteiger charge is -2.20. The van der Waals surface area contributed by atoms with Crippen LogP contribution in [0.4, 0.5) is 10.5 Å². The number of carbonyl (C=O) groups is 1. The Kier molecular flexibility index (Phi) is 5.85. The second kappa shape index (κ2) is 7.70. The van der Waals surface area contributed by atoms with E-state index < -0.39 is 9.84 Å². The second-order valence-corrected chi connectivity index (χ2v) is 8.26. The molecule has 2 rings (SSSR count). The van der Waals surface area contributed by atoms with Crippen LogP contribution in [0.5, 0.6) is 0 Å². The molecule has 6 heteroatoms. The van der Waals surface area contributed by atoms with E-state index in [1.165, 1.54) is 22.1 Å². The van der Waals surface area contributed by atoms with Crippen LogP contribution in [0, 0.1) is 13.8 Å². The number of amides is 2. The quantitative estimate of drug-likeness (QED) is 0.891. The zero-order valence-electron chi connectivity index (χ0n) is 15.0. The van der Waals surface area contributed by atoms with Crippen LogP contribution in [0.15, 0.2) is 47.4 Å². The minimum atomic E-state index is -3.41. The fourth-order valence-corrected chi connectivity index (χ4v) is 3.71. The minimum absolute atomic E-state index is 0.141.